The highest BCUT2D eigenvalue weighted by Crippen LogP contribution is 2.24. The Hall–Kier alpha value is -0.650. The van der Waals surface area contributed by atoms with Crippen molar-refractivity contribution in [2.75, 3.05) is 7.05 Å². The lowest BCUT2D eigenvalue weighted by atomic mass is 10.1. The molecule has 0 aliphatic carbocycles. The van der Waals surface area contributed by atoms with E-state index in [1.54, 1.807) is 7.05 Å². The number of hydrogen-bond acceptors (Lipinski definition) is 4. The van der Waals surface area contributed by atoms with Crippen LogP contribution in [-0.2, 0) is 9.53 Å². The van der Waals surface area contributed by atoms with Gasteiger partial charge in [0.05, 0.1) is 0 Å². The summed E-state index contributed by atoms with van der Waals surface area (Å²) in [5, 5.41) is 20.0. The van der Waals surface area contributed by atoms with Gasteiger partial charge in [-0.1, -0.05) is 0 Å². The van der Waals surface area contributed by atoms with Gasteiger partial charge >= 0.3 is 5.97 Å². The Bertz CT molecular complexity index is 173. The molecule has 1 fully saturated rings. The molecule has 0 amide bonds. The molecule has 5 heteroatoms. The van der Waals surface area contributed by atoms with Gasteiger partial charge < -0.3 is 20.3 Å². The van der Waals surface area contributed by atoms with Gasteiger partial charge in [-0.2, -0.15) is 0 Å². The highest BCUT2D eigenvalue weighted by Gasteiger charge is 2.37. The van der Waals surface area contributed by atoms with Crippen molar-refractivity contribution in [3.05, 3.63) is 0 Å². The molecule has 1 aliphatic rings. The van der Waals surface area contributed by atoms with E-state index >= 15 is 0 Å². The second kappa shape index (κ2) is 3.84. The van der Waals surface area contributed by atoms with E-state index in [0.29, 0.717) is 12.8 Å². The zero-order chi connectivity index (χ0) is 9.14. The largest absolute Gasteiger partial charge is 0.480 e. The number of aliphatic carboxylic acids is 1. The predicted octanol–water partition coefficient (Wildman–Crippen LogP) is -0.844. The molecule has 3 N–H and O–H groups in total. The molecule has 0 aromatic rings. The van der Waals surface area contributed by atoms with Gasteiger partial charge in [0.1, 0.15) is 12.1 Å². The SMILES string of the molecule is CN[C@@H](CCC1OC1O)C(=O)O. The molecule has 3 atom stereocenters. The smallest absolute Gasteiger partial charge is 0.320 e. The lowest BCUT2D eigenvalue weighted by Crippen LogP contribution is -2.34. The molecular formula is C7H13NO4. The van der Waals surface area contributed by atoms with Gasteiger partial charge in [-0.15, -0.1) is 0 Å². The highest BCUT2D eigenvalue weighted by atomic mass is 16.7. The predicted molar refractivity (Wildman–Crippen MR) is 40.6 cm³/mol. The van der Waals surface area contributed by atoms with Crippen molar-refractivity contribution in [1.82, 2.24) is 5.32 Å². The van der Waals surface area contributed by atoms with Crippen molar-refractivity contribution in [1.29, 1.82) is 0 Å². The van der Waals surface area contributed by atoms with Crippen LogP contribution >= 0.6 is 0 Å². The molecule has 0 spiro atoms. The first-order valence-corrected chi connectivity index (χ1v) is 3.88. The number of epoxide rings is 1. The van der Waals surface area contributed by atoms with Crippen molar-refractivity contribution in [2.24, 2.45) is 0 Å². The summed E-state index contributed by atoms with van der Waals surface area (Å²) in [7, 11) is 1.60. The minimum Gasteiger partial charge on any atom is -0.480 e. The summed E-state index contributed by atoms with van der Waals surface area (Å²) in [6.45, 7) is 0. The van der Waals surface area contributed by atoms with Gasteiger partial charge in [0.15, 0.2) is 6.29 Å². The molecule has 1 heterocycles. The van der Waals surface area contributed by atoms with Crippen molar-refractivity contribution < 1.29 is 19.7 Å². The second-order valence-electron chi connectivity index (χ2n) is 2.82. The van der Waals surface area contributed by atoms with E-state index in [1.807, 2.05) is 0 Å². The van der Waals surface area contributed by atoms with Gasteiger partial charge in [-0.3, -0.25) is 4.79 Å². The zero-order valence-electron chi connectivity index (χ0n) is 6.86. The Balaban J connectivity index is 2.15. The van der Waals surface area contributed by atoms with Crippen LogP contribution in [0, 0.1) is 0 Å². The van der Waals surface area contributed by atoms with Crippen molar-refractivity contribution in [3.63, 3.8) is 0 Å². The van der Waals surface area contributed by atoms with Crippen molar-refractivity contribution in [2.45, 2.75) is 31.3 Å². The maximum absolute atomic E-state index is 10.5. The number of rotatable bonds is 5. The molecule has 0 aromatic carbocycles. The average molecular weight is 175 g/mol. The monoisotopic (exact) mass is 175 g/mol. The zero-order valence-corrected chi connectivity index (χ0v) is 6.86. The van der Waals surface area contributed by atoms with Crippen molar-refractivity contribution in [3.8, 4) is 0 Å². The summed E-state index contributed by atoms with van der Waals surface area (Å²) >= 11 is 0. The fraction of sp³-hybridized carbons (Fsp3) is 0.857. The topological polar surface area (TPSA) is 82.1 Å². The Morgan fingerprint density at radius 1 is 1.75 bits per heavy atom. The third-order valence-corrected chi connectivity index (χ3v) is 1.94. The fourth-order valence-corrected chi connectivity index (χ4v) is 1.07. The summed E-state index contributed by atoms with van der Waals surface area (Å²) in [5.74, 6) is -0.868. The van der Waals surface area contributed by atoms with Gasteiger partial charge in [-0.05, 0) is 19.9 Å². The first kappa shape index (κ1) is 9.44. The Morgan fingerprint density at radius 2 is 2.33 bits per heavy atom. The summed E-state index contributed by atoms with van der Waals surface area (Å²) < 4.78 is 4.73. The minimum atomic E-state index is -0.868. The van der Waals surface area contributed by atoms with Gasteiger partial charge in [0.25, 0.3) is 0 Å². The van der Waals surface area contributed by atoms with Crippen LogP contribution in [0.15, 0.2) is 0 Å². The molecule has 12 heavy (non-hydrogen) atoms. The normalized spacial score (nSPS) is 29.8. The molecule has 1 saturated heterocycles. The van der Waals surface area contributed by atoms with Crippen LogP contribution in [0.3, 0.4) is 0 Å². The van der Waals surface area contributed by atoms with Crippen LogP contribution in [-0.4, -0.2) is 41.7 Å². The number of carboxylic acids is 1. The number of carboxylic acid groups (broad SMARTS) is 1. The third kappa shape index (κ3) is 2.44. The summed E-state index contributed by atoms with van der Waals surface area (Å²) in [6, 6.07) is -0.540. The number of nitrogens with one attached hydrogen (secondary N) is 1. The first-order chi connectivity index (χ1) is 5.65. The van der Waals surface area contributed by atoms with Crippen molar-refractivity contribution >= 4 is 5.97 Å². The number of carbonyl (C=O) groups is 1. The van der Waals surface area contributed by atoms with Crippen LogP contribution < -0.4 is 5.32 Å². The first-order valence-electron chi connectivity index (χ1n) is 3.88. The van der Waals surface area contributed by atoms with E-state index in [2.05, 4.69) is 5.32 Å². The number of likely N-dealkylation sites (N-methyl/N-ethyl adjacent to an activating group) is 1. The average Bonchev–Trinajstić information content (AvgIpc) is 2.67. The molecule has 70 valence electrons. The quantitative estimate of drug-likeness (QED) is 0.474. The molecule has 1 aliphatic heterocycles. The fourth-order valence-electron chi connectivity index (χ4n) is 1.07. The Morgan fingerprint density at radius 3 is 2.67 bits per heavy atom. The molecule has 0 radical (unpaired) electrons. The second-order valence-corrected chi connectivity index (χ2v) is 2.82. The number of ether oxygens (including phenoxy) is 1. The van der Waals surface area contributed by atoms with Gasteiger partial charge in [0.2, 0.25) is 0 Å². The lowest BCUT2D eigenvalue weighted by molar-refractivity contribution is -0.139. The Kier molecular flexibility index (Phi) is 3.02. The van der Waals surface area contributed by atoms with E-state index in [9.17, 15) is 4.79 Å². The molecular weight excluding hydrogens is 162 g/mol. The number of aliphatic hydroxyl groups excluding tert-OH is 1. The minimum absolute atomic E-state index is 0.153. The van der Waals surface area contributed by atoms with E-state index in [1.165, 1.54) is 0 Å². The van der Waals surface area contributed by atoms with E-state index in [-0.39, 0.29) is 6.10 Å². The molecule has 0 aromatic heterocycles. The van der Waals surface area contributed by atoms with Crippen LogP contribution in [0.5, 0.6) is 0 Å². The van der Waals surface area contributed by atoms with Gasteiger partial charge in [-0.25, -0.2) is 0 Å². The summed E-state index contributed by atoms with van der Waals surface area (Å²) in [4.78, 5) is 10.5. The summed E-state index contributed by atoms with van der Waals surface area (Å²) in [6.07, 6.45) is 0.239. The van der Waals surface area contributed by atoms with Gasteiger partial charge in [0, 0.05) is 0 Å². The van der Waals surface area contributed by atoms with E-state index in [0.717, 1.165) is 0 Å². The van der Waals surface area contributed by atoms with Crippen LogP contribution in [0.4, 0.5) is 0 Å². The molecule has 0 saturated carbocycles. The maximum atomic E-state index is 10.5. The number of aliphatic hydroxyl groups is 1. The molecule has 5 nitrogen and oxygen atoms in total. The van der Waals surface area contributed by atoms with Crippen LogP contribution in [0.1, 0.15) is 12.8 Å². The molecule has 2 unspecified atom stereocenters. The third-order valence-electron chi connectivity index (χ3n) is 1.94. The van der Waals surface area contributed by atoms with E-state index in [4.69, 9.17) is 14.9 Å². The molecule has 1 rings (SSSR count). The Labute approximate surface area is 70.3 Å². The highest BCUT2D eigenvalue weighted by molar-refractivity contribution is 5.73. The maximum Gasteiger partial charge on any atom is 0.320 e. The lowest BCUT2D eigenvalue weighted by Gasteiger charge is -2.08. The molecule has 0 bridgehead atoms. The number of hydrogen-bond donors (Lipinski definition) is 3. The standard InChI is InChI=1S/C7H13NO4/c1-8-4(6(9)10)2-3-5-7(11)12-5/h4-5,7-8,11H,2-3H2,1H3,(H,9,10)/t4-,5?,7?/m0/s1. The van der Waals surface area contributed by atoms with Crippen LogP contribution in [0.25, 0.3) is 0 Å². The van der Waals surface area contributed by atoms with E-state index < -0.39 is 18.3 Å². The summed E-state index contributed by atoms with van der Waals surface area (Å²) in [5.41, 5.74) is 0. The van der Waals surface area contributed by atoms with Crippen LogP contribution in [0.2, 0.25) is 0 Å².